The van der Waals surface area contributed by atoms with Crippen molar-refractivity contribution in [1.82, 2.24) is 0 Å². The van der Waals surface area contributed by atoms with Crippen LogP contribution in [0.15, 0.2) is 30.5 Å². The fourth-order valence-electron chi connectivity index (χ4n) is 1.07. The minimum atomic E-state index is 0.593. The molecule has 0 aliphatic heterocycles. The zero-order valence-electron chi connectivity index (χ0n) is 8.61. The molecule has 0 atom stereocenters. The predicted molar refractivity (Wildman–Crippen MR) is 55.0 cm³/mol. The predicted octanol–water partition coefficient (Wildman–Crippen LogP) is 2.62. The molecule has 0 saturated carbocycles. The average Bonchev–Trinajstić information content (AvgIpc) is 2.25. The van der Waals surface area contributed by atoms with Gasteiger partial charge in [0.2, 0.25) is 5.75 Å². The number of hydrogen-bond acceptors (Lipinski definition) is 3. The zero-order chi connectivity index (χ0) is 10.4. The first-order chi connectivity index (χ1) is 6.83. The molecular formula is C11H14O3. The molecule has 0 amide bonds. The highest BCUT2D eigenvalue weighted by atomic mass is 16.5. The molecule has 76 valence electrons. The van der Waals surface area contributed by atoms with Gasteiger partial charge in [0.25, 0.3) is 0 Å². The SMILES string of the molecule is C/C=C\Oc1c(OC)cccc1OC. The van der Waals surface area contributed by atoms with Crippen LogP contribution in [0, 0.1) is 0 Å². The van der Waals surface area contributed by atoms with Crippen molar-refractivity contribution in [2.24, 2.45) is 0 Å². The maximum Gasteiger partial charge on any atom is 0.210 e. The topological polar surface area (TPSA) is 27.7 Å². The molecule has 0 N–H and O–H groups in total. The molecule has 3 nitrogen and oxygen atoms in total. The highest BCUT2D eigenvalue weighted by molar-refractivity contribution is 5.51. The van der Waals surface area contributed by atoms with E-state index in [0.717, 1.165) is 0 Å². The van der Waals surface area contributed by atoms with Crippen LogP contribution in [0.25, 0.3) is 0 Å². The Kier molecular flexibility index (Phi) is 3.85. The number of para-hydroxylation sites is 1. The Morgan fingerprint density at radius 2 is 1.64 bits per heavy atom. The van der Waals surface area contributed by atoms with Crippen LogP contribution >= 0.6 is 0 Å². The minimum absolute atomic E-state index is 0.593. The van der Waals surface area contributed by atoms with Crippen LogP contribution in [0.4, 0.5) is 0 Å². The van der Waals surface area contributed by atoms with Crippen molar-refractivity contribution in [3.63, 3.8) is 0 Å². The molecule has 0 fully saturated rings. The Morgan fingerprint density at radius 1 is 1.07 bits per heavy atom. The number of benzene rings is 1. The zero-order valence-corrected chi connectivity index (χ0v) is 8.61. The fraction of sp³-hybridized carbons (Fsp3) is 0.273. The molecule has 0 aliphatic carbocycles. The fourth-order valence-corrected chi connectivity index (χ4v) is 1.07. The van der Waals surface area contributed by atoms with Crippen molar-refractivity contribution in [1.29, 1.82) is 0 Å². The molecule has 0 spiro atoms. The standard InChI is InChI=1S/C11H14O3/c1-4-8-14-11-9(12-2)6-5-7-10(11)13-3/h4-8H,1-3H3/b8-4-. The first-order valence-corrected chi connectivity index (χ1v) is 4.32. The van der Waals surface area contributed by atoms with Crippen LogP contribution < -0.4 is 14.2 Å². The van der Waals surface area contributed by atoms with Crippen molar-refractivity contribution < 1.29 is 14.2 Å². The van der Waals surface area contributed by atoms with Gasteiger partial charge < -0.3 is 14.2 Å². The van der Waals surface area contributed by atoms with E-state index < -0.39 is 0 Å². The maximum absolute atomic E-state index is 5.37. The van der Waals surface area contributed by atoms with Gasteiger partial charge in [0.15, 0.2) is 11.5 Å². The van der Waals surface area contributed by atoms with E-state index in [1.54, 1.807) is 26.6 Å². The van der Waals surface area contributed by atoms with Gasteiger partial charge in [-0.25, -0.2) is 0 Å². The Bertz CT molecular complexity index is 296. The van der Waals surface area contributed by atoms with Crippen LogP contribution in [0.3, 0.4) is 0 Å². The summed E-state index contributed by atoms with van der Waals surface area (Å²) in [5.74, 6) is 1.90. The molecule has 1 aromatic carbocycles. The number of ether oxygens (including phenoxy) is 3. The molecule has 0 heterocycles. The van der Waals surface area contributed by atoms with Crippen molar-refractivity contribution in [2.75, 3.05) is 14.2 Å². The third-order valence-electron chi connectivity index (χ3n) is 1.70. The van der Waals surface area contributed by atoms with Crippen molar-refractivity contribution in [3.8, 4) is 17.2 Å². The summed E-state index contributed by atoms with van der Waals surface area (Å²) in [7, 11) is 3.19. The Labute approximate surface area is 83.9 Å². The van der Waals surface area contributed by atoms with Gasteiger partial charge in [-0.05, 0) is 19.1 Å². The summed E-state index contributed by atoms with van der Waals surface area (Å²) >= 11 is 0. The summed E-state index contributed by atoms with van der Waals surface area (Å²) in [6.07, 6.45) is 3.38. The van der Waals surface area contributed by atoms with E-state index in [0.29, 0.717) is 17.2 Å². The molecule has 3 heteroatoms. The third-order valence-corrected chi connectivity index (χ3v) is 1.70. The van der Waals surface area contributed by atoms with Gasteiger partial charge >= 0.3 is 0 Å². The number of hydrogen-bond donors (Lipinski definition) is 0. The van der Waals surface area contributed by atoms with Crippen molar-refractivity contribution in [3.05, 3.63) is 30.5 Å². The first-order valence-electron chi connectivity index (χ1n) is 4.32. The average molecular weight is 194 g/mol. The van der Waals surface area contributed by atoms with Gasteiger partial charge in [-0.1, -0.05) is 12.1 Å². The Morgan fingerprint density at radius 3 is 2.07 bits per heavy atom. The van der Waals surface area contributed by atoms with Gasteiger partial charge in [-0.15, -0.1) is 0 Å². The van der Waals surface area contributed by atoms with E-state index in [2.05, 4.69) is 0 Å². The van der Waals surface area contributed by atoms with E-state index in [1.165, 1.54) is 0 Å². The summed E-state index contributed by atoms with van der Waals surface area (Å²) in [6, 6.07) is 5.49. The molecule has 0 bridgehead atoms. The minimum Gasteiger partial charge on any atom is -0.493 e. The monoisotopic (exact) mass is 194 g/mol. The Balaban J connectivity index is 3.05. The lowest BCUT2D eigenvalue weighted by atomic mass is 10.3. The van der Waals surface area contributed by atoms with Gasteiger partial charge in [-0.2, -0.15) is 0 Å². The molecule has 1 rings (SSSR count). The van der Waals surface area contributed by atoms with Crippen LogP contribution in [0.1, 0.15) is 6.92 Å². The largest absolute Gasteiger partial charge is 0.493 e. The quantitative estimate of drug-likeness (QED) is 0.689. The van der Waals surface area contributed by atoms with E-state index in [9.17, 15) is 0 Å². The van der Waals surface area contributed by atoms with Crippen LogP contribution in [0.5, 0.6) is 17.2 Å². The van der Waals surface area contributed by atoms with E-state index in [1.807, 2.05) is 25.1 Å². The summed E-state index contributed by atoms with van der Waals surface area (Å²) in [6.45, 7) is 1.88. The van der Waals surface area contributed by atoms with Gasteiger partial charge in [0, 0.05) is 0 Å². The summed E-state index contributed by atoms with van der Waals surface area (Å²) in [4.78, 5) is 0. The summed E-state index contributed by atoms with van der Waals surface area (Å²) < 4.78 is 15.7. The number of methoxy groups -OCH3 is 2. The number of allylic oxidation sites excluding steroid dienone is 1. The molecule has 0 radical (unpaired) electrons. The molecule has 0 unspecified atom stereocenters. The van der Waals surface area contributed by atoms with E-state index in [4.69, 9.17) is 14.2 Å². The second-order valence-corrected chi connectivity index (χ2v) is 2.58. The molecule has 1 aromatic rings. The van der Waals surface area contributed by atoms with E-state index in [-0.39, 0.29) is 0 Å². The Hall–Kier alpha value is -1.64. The maximum atomic E-state index is 5.37. The second kappa shape index (κ2) is 5.17. The highest BCUT2D eigenvalue weighted by Crippen LogP contribution is 2.36. The normalized spacial score (nSPS) is 10.2. The molecular weight excluding hydrogens is 180 g/mol. The summed E-state index contributed by atoms with van der Waals surface area (Å²) in [5, 5.41) is 0. The smallest absolute Gasteiger partial charge is 0.210 e. The lowest BCUT2D eigenvalue weighted by molar-refractivity contribution is 0.345. The summed E-state index contributed by atoms with van der Waals surface area (Å²) in [5.41, 5.74) is 0. The van der Waals surface area contributed by atoms with Gasteiger partial charge in [0.1, 0.15) is 0 Å². The highest BCUT2D eigenvalue weighted by Gasteiger charge is 2.09. The van der Waals surface area contributed by atoms with Crippen molar-refractivity contribution in [2.45, 2.75) is 6.92 Å². The van der Waals surface area contributed by atoms with Crippen LogP contribution in [-0.2, 0) is 0 Å². The van der Waals surface area contributed by atoms with Gasteiger partial charge in [-0.3, -0.25) is 0 Å². The molecule has 14 heavy (non-hydrogen) atoms. The lowest BCUT2D eigenvalue weighted by Crippen LogP contribution is -1.93. The molecule has 0 aliphatic rings. The lowest BCUT2D eigenvalue weighted by Gasteiger charge is -2.10. The van der Waals surface area contributed by atoms with E-state index >= 15 is 0 Å². The number of rotatable bonds is 4. The van der Waals surface area contributed by atoms with Crippen molar-refractivity contribution >= 4 is 0 Å². The molecule has 0 saturated heterocycles. The first kappa shape index (κ1) is 10.4. The second-order valence-electron chi connectivity index (χ2n) is 2.58. The third kappa shape index (κ3) is 2.19. The van der Waals surface area contributed by atoms with Crippen LogP contribution in [-0.4, -0.2) is 14.2 Å². The molecule has 0 aromatic heterocycles. The van der Waals surface area contributed by atoms with Crippen LogP contribution in [0.2, 0.25) is 0 Å². The van der Waals surface area contributed by atoms with Gasteiger partial charge in [0.05, 0.1) is 20.5 Å².